The number of nitrogens with one attached hydrogen (secondary N) is 2. The highest BCUT2D eigenvalue weighted by Gasteiger charge is 2.37. The molecule has 0 saturated carbocycles. The van der Waals surface area contributed by atoms with E-state index in [1.165, 1.54) is 0 Å². The number of carbonyl (C=O) groups excluding carboxylic acids is 1. The van der Waals surface area contributed by atoms with E-state index in [1.54, 1.807) is 28.4 Å². The van der Waals surface area contributed by atoms with Gasteiger partial charge in [0, 0.05) is 17.7 Å². The summed E-state index contributed by atoms with van der Waals surface area (Å²) in [7, 11) is 6.38. The van der Waals surface area contributed by atoms with Crippen LogP contribution in [-0.4, -0.2) is 40.8 Å². The Balaban J connectivity index is 1.62. The maximum atomic E-state index is 14.0. The van der Waals surface area contributed by atoms with Crippen LogP contribution in [0.3, 0.4) is 0 Å². The minimum absolute atomic E-state index is 0.0572. The van der Waals surface area contributed by atoms with Crippen LogP contribution in [0.25, 0.3) is 0 Å². The Labute approximate surface area is 242 Å². The number of anilines is 2. The van der Waals surface area contributed by atoms with E-state index in [9.17, 15) is 4.79 Å². The lowest BCUT2D eigenvalue weighted by Gasteiger charge is -2.30. The van der Waals surface area contributed by atoms with Crippen molar-refractivity contribution < 1.29 is 28.5 Å². The number of halogens is 1. The van der Waals surface area contributed by atoms with Gasteiger partial charge in [0.1, 0.15) is 0 Å². The maximum absolute atomic E-state index is 14.0. The number of ketones is 1. The molecule has 9 heteroatoms. The van der Waals surface area contributed by atoms with Gasteiger partial charge < -0.3 is 34.3 Å². The normalized spacial score (nSPS) is 18.0. The molecule has 3 aromatic rings. The van der Waals surface area contributed by atoms with Crippen LogP contribution < -0.4 is 34.3 Å². The molecule has 0 bridgehead atoms. The van der Waals surface area contributed by atoms with E-state index in [2.05, 4.69) is 26.6 Å². The van der Waals surface area contributed by atoms with Crippen LogP contribution in [0.5, 0.6) is 28.7 Å². The average molecular weight is 610 g/mol. The number of benzene rings is 3. The van der Waals surface area contributed by atoms with Crippen molar-refractivity contribution in [1.82, 2.24) is 0 Å². The van der Waals surface area contributed by atoms with Crippen molar-refractivity contribution in [3.8, 4) is 28.7 Å². The van der Waals surface area contributed by atoms with Crippen molar-refractivity contribution in [2.24, 2.45) is 0 Å². The van der Waals surface area contributed by atoms with Gasteiger partial charge in [-0.1, -0.05) is 12.1 Å². The van der Waals surface area contributed by atoms with Crippen LogP contribution in [0.2, 0.25) is 0 Å². The van der Waals surface area contributed by atoms with Crippen molar-refractivity contribution in [1.29, 1.82) is 0 Å². The molecule has 40 heavy (non-hydrogen) atoms. The fourth-order valence-corrected chi connectivity index (χ4v) is 6.08. The van der Waals surface area contributed by atoms with Gasteiger partial charge in [0.25, 0.3) is 0 Å². The zero-order valence-electron chi connectivity index (χ0n) is 23.2. The topological polar surface area (TPSA) is 87.3 Å². The highest BCUT2D eigenvalue weighted by molar-refractivity contribution is 9.10. The minimum atomic E-state index is -0.402. The molecular weight excluding hydrogens is 576 g/mol. The van der Waals surface area contributed by atoms with Crippen LogP contribution in [-0.2, 0) is 4.79 Å². The summed E-state index contributed by atoms with van der Waals surface area (Å²) in [6.07, 6.45) is 0.963. The maximum Gasteiger partial charge on any atom is 0.203 e. The number of Topliss-reactive ketones (excluding diaryl/α,β-unsaturated/α-hetero) is 1. The Bertz CT molecular complexity index is 1450. The molecule has 0 fully saturated rings. The third kappa shape index (κ3) is 5.06. The molecule has 3 aromatic carbocycles. The van der Waals surface area contributed by atoms with E-state index < -0.39 is 6.04 Å². The fourth-order valence-electron chi connectivity index (χ4n) is 5.51. The van der Waals surface area contributed by atoms with E-state index in [0.29, 0.717) is 53.8 Å². The van der Waals surface area contributed by atoms with Gasteiger partial charge in [0.2, 0.25) is 5.75 Å². The van der Waals surface area contributed by atoms with E-state index in [4.69, 9.17) is 23.7 Å². The summed E-state index contributed by atoms with van der Waals surface area (Å²) in [5.74, 6) is 2.85. The number of fused-ring (bicyclic) bond motifs is 1. The van der Waals surface area contributed by atoms with Gasteiger partial charge in [-0.3, -0.25) is 4.79 Å². The Morgan fingerprint density at radius 3 is 2.08 bits per heavy atom. The van der Waals surface area contributed by atoms with Crippen LogP contribution in [0, 0.1) is 0 Å². The average Bonchev–Trinajstić information content (AvgIpc) is 3.14. The Morgan fingerprint density at radius 1 is 0.825 bits per heavy atom. The Hall–Kier alpha value is -3.85. The summed E-state index contributed by atoms with van der Waals surface area (Å²) in [4.78, 5) is 14.0. The lowest BCUT2D eigenvalue weighted by atomic mass is 9.78. The molecule has 2 N–H and O–H groups in total. The van der Waals surface area contributed by atoms with E-state index >= 15 is 0 Å². The number of para-hydroxylation sites is 2. The van der Waals surface area contributed by atoms with Crippen LogP contribution >= 0.6 is 15.9 Å². The summed E-state index contributed by atoms with van der Waals surface area (Å²) in [6.45, 7) is 2.43. The summed E-state index contributed by atoms with van der Waals surface area (Å²) >= 11 is 3.66. The third-order valence-corrected chi connectivity index (χ3v) is 7.93. The molecule has 0 saturated heterocycles. The molecular formula is C31H33BrN2O6. The lowest BCUT2D eigenvalue weighted by molar-refractivity contribution is -0.116. The molecule has 0 spiro atoms. The molecule has 0 unspecified atom stereocenters. The van der Waals surface area contributed by atoms with Gasteiger partial charge in [-0.2, -0.15) is 0 Å². The fraction of sp³-hybridized carbons (Fsp3) is 0.323. The number of rotatable bonds is 8. The van der Waals surface area contributed by atoms with Gasteiger partial charge in [0.05, 0.1) is 56.9 Å². The standard InChI is InChI=1S/C31H33BrN2O6/c1-6-40-30-20(32)11-19(16-25(30)36-2)29-28-23(33-21-9-7-8-10-22(21)34-29)12-17(13-24(28)35)18-14-26(37-3)31(39-5)27(15-18)38-4/h7-11,14-17,29,33-34H,6,12-13H2,1-5H3/t17-,29-/m0/s1. The number of carbonyl (C=O) groups is 1. The molecule has 2 aliphatic rings. The molecule has 1 aliphatic heterocycles. The predicted molar refractivity (Wildman–Crippen MR) is 158 cm³/mol. The molecule has 8 nitrogen and oxygen atoms in total. The van der Waals surface area contributed by atoms with Gasteiger partial charge in [0.15, 0.2) is 28.8 Å². The molecule has 5 rings (SSSR count). The second-order valence-electron chi connectivity index (χ2n) is 9.59. The Morgan fingerprint density at radius 2 is 1.45 bits per heavy atom. The SMILES string of the molecule is CCOc1c(Br)cc([C@@H]2Nc3ccccc3NC3=C2C(=O)C[C@@H](c2cc(OC)c(OC)c(OC)c2)C3)cc1OC. The first-order chi connectivity index (χ1) is 19.4. The number of methoxy groups -OCH3 is 4. The van der Waals surface area contributed by atoms with Gasteiger partial charge in [-0.25, -0.2) is 0 Å². The second-order valence-corrected chi connectivity index (χ2v) is 10.4. The zero-order valence-corrected chi connectivity index (χ0v) is 24.8. The first-order valence-corrected chi connectivity index (χ1v) is 13.9. The highest BCUT2D eigenvalue weighted by atomic mass is 79.9. The molecule has 0 radical (unpaired) electrons. The van der Waals surface area contributed by atoms with Crippen molar-refractivity contribution in [3.63, 3.8) is 0 Å². The quantitative estimate of drug-likeness (QED) is 0.287. The summed E-state index contributed by atoms with van der Waals surface area (Å²) in [6, 6.07) is 15.4. The van der Waals surface area contributed by atoms with Crippen molar-refractivity contribution >= 4 is 33.1 Å². The van der Waals surface area contributed by atoms with Gasteiger partial charge in [-0.15, -0.1) is 0 Å². The number of hydrogen-bond acceptors (Lipinski definition) is 8. The van der Waals surface area contributed by atoms with Crippen LogP contribution in [0.15, 0.2) is 64.3 Å². The summed E-state index contributed by atoms with van der Waals surface area (Å²) in [5, 5.41) is 7.21. The van der Waals surface area contributed by atoms with Gasteiger partial charge in [-0.05, 0) is 82.7 Å². The number of hydrogen-bond donors (Lipinski definition) is 2. The second kappa shape index (κ2) is 11.7. The van der Waals surface area contributed by atoms with Gasteiger partial charge >= 0.3 is 0 Å². The van der Waals surface area contributed by atoms with E-state index in [-0.39, 0.29) is 11.7 Å². The molecule has 0 aromatic heterocycles. The zero-order chi connectivity index (χ0) is 28.4. The van der Waals surface area contributed by atoms with Crippen LogP contribution in [0.1, 0.15) is 42.9 Å². The smallest absolute Gasteiger partial charge is 0.203 e. The van der Waals surface area contributed by atoms with Crippen molar-refractivity contribution in [2.45, 2.75) is 31.7 Å². The Kier molecular flexibility index (Phi) is 8.12. The molecule has 0 amide bonds. The van der Waals surface area contributed by atoms with E-state index in [0.717, 1.165) is 32.7 Å². The molecule has 210 valence electrons. The van der Waals surface area contributed by atoms with Crippen molar-refractivity contribution in [2.75, 3.05) is 45.7 Å². The lowest BCUT2D eigenvalue weighted by Crippen LogP contribution is -2.27. The summed E-state index contributed by atoms with van der Waals surface area (Å²) in [5.41, 5.74) is 5.23. The first kappa shape index (κ1) is 27.7. The van der Waals surface area contributed by atoms with Crippen LogP contribution in [0.4, 0.5) is 11.4 Å². The third-order valence-electron chi connectivity index (χ3n) is 7.34. The summed E-state index contributed by atoms with van der Waals surface area (Å²) < 4.78 is 28.9. The minimum Gasteiger partial charge on any atom is -0.493 e. The van der Waals surface area contributed by atoms with E-state index in [1.807, 2.05) is 55.5 Å². The monoisotopic (exact) mass is 608 g/mol. The first-order valence-electron chi connectivity index (χ1n) is 13.1. The largest absolute Gasteiger partial charge is 0.493 e. The molecule has 1 heterocycles. The predicted octanol–water partition coefficient (Wildman–Crippen LogP) is 6.86. The molecule has 1 aliphatic carbocycles. The number of ether oxygens (including phenoxy) is 5. The number of allylic oxidation sites excluding steroid dienone is 1. The molecule has 2 atom stereocenters. The van der Waals surface area contributed by atoms with Crippen molar-refractivity contribution in [3.05, 3.63) is 75.4 Å². The highest BCUT2D eigenvalue weighted by Crippen LogP contribution is 2.48.